The van der Waals surface area contributed by atoms with Gasteiger partial charge < -0.3 is 10.6 Å². The topological polar surface area (TPSA) is 41.1 Å². The van der Waals surface area contributed by atoms with E-state index in [-0.39, 0.29) is 25.0 Å². The minimum atomic E-state index is -4.43. The van der Waals surface area contributed by atoms with Gasteiger partial charge in [-0.2, -0.15) is 13.2 Å². The Labute approximate surface area is 93.2 Å². The molecule has 1 atom stereocenters. The Morgan fingerprint density at radius 2 is 1.93 bits per heavy atom. The van der Waals surface area contributed by atoms with E-state index in [9.17, 15) is 18.0 Å². The smallest absolute Gasteiger partial charge is 0.354 e. The molecule has 0 aliphatic carbocycles. The molecule has 15 heavy (non-hydrogen) atoms. The van der Waals surface area contributed by atoms with Crippen LogP contribution < -0.4 is 10.6 Å². The normalized spacial score (nSPS) is 12.9. The van der Waals surface area contributed by atoms with E-state index in [0.29, 0.717) is 0 Å². The lowest BCUT2D eigenvalue weighted by Gasteiger charge is -2.13. The highest BCUT2D eigenvalue weighted by Gasteiger charge is 2.30. The summed E-state index contributed by atoms with van der Waals surface area (Å²) in [6.07, 6.45) is -5.84. The van der Waals surface area contributed by atoms with E-state index in [1.54, 1.807) is 6.92 Å². The predicted octanol–water partition coefficient (Wildman–Crippen LogP) is 1.47. The zero-order valence-corrected chi connectivity index (χ0v) is 9.47. The first kappa shape index (κ1) is 16.9. The lowest BCUT2D eigenvalue weighted by Crippen LogP contribution is -2.40. The molecule has 0 aromatic rings. The van der Waals surface area contributed by atoms with Gasteiger partial charge >= 0.3 is 6.18 Å². The van der Waals surface area contributed by atoms with Gasteiger partial charge in [-0.3, -0.25) is 4.79 Å². The van der Waals surface area contributed by atoms with Crippen LogP contribution in [0.5, 0.6) is 0 Å². The Hall–Kier alpha value is -0.490. The van der Waals surface area contributed by atoms with E-state index < -0.39 is 18.5 Å². The van der Waals surface area contributed by atoms with Gasteiger partial charge in [-0.25, -0.2) is 0 Å². The zero-order valence-electron chi connectivity index (χ0n) is 8.65. The van der Waals surface area contributed by atoms with E-state index in [1.165, 1.54) is 0 Å². The Morgan fingerprint density at radius 3 is 2.33 bits per heavy atom. The van der Waals surface area contributed by atoms with Crippen molar-refractivity contribution in [1.29, 1.82) is 0 Å². The average Bonchev–Trinajstić information content (AvgIpc) is 1.98. The number of hydrogen-bond donors (Lipinski definition) is 2. The molecule has 92 valence electrons. The number of carbonyl (C=O) groups is 1. The monoisotopic (exact) mass is 248 g/mol. The molecule has 0 aromatic heterocycles. The Balaban J connectivity index is 0. The van der Waals surface area contributed by atoms with Gasteiger partial charge in [-0.1, -0.05) is 6.92 Å². The van der Waals surface area contributed by atoms with Crippen LogP contribution in [-0.4, -0.2) is 31.2 Å². The fraction of sp³-hybridized carbons (Fsp3) is 0.875. The van der Waals surface area contributed by atoms with Crippen molar-refractivity contribution < 1.29 is 18.0 Å². The van der Waals surface area contributed by atoms with Crippen molar-refractivity contribution in [2.75, 3.05) is 13.1 Å². The summed E-state index contributed by atoms with van der Waals surface area (Å²) >= 11 is 0. The lowest BCUT2D eigenvalue weighted by atomic mass is 10.3. The molecule has 0 fully saturated rings. The van der Waals surface area contributed by atoms with Crippen LogP contribution in [-0.2, 0) is 4.79 Å². The minimum absolute atomic E-state index is 0. The second-order valence-electron chi connectivity index (χ2n) is 3.05. The van der Waals surface area contributed by atoms with Crippen molar-refractivity contribution in [3.8, 4) is 0 Å². The average molecular weight is 249 g/mol. The molecule has 0 rings (SSSR count). The molecule has 0 spiro atoms. The van der Waals surface area contributed by atoms with E-state index in [4.69, 9.17) is 0 Å². The maximum atomic E-state index is 11.7. The molecular formula is C8H16ClF3N2O. The van der Waals surface area contributed by atoms with E-state index in [1.807, 2.05) is 6.92 Å². The van der Waals surface area contributed by atoms with Crippen molar-refractivity contribution >= 4 is 18.3 Å². The number of rotatable bonds is 5. The van der Waals surface area contributed by atoms with Crippen molar-refractivity contribution in [3.63, 3.8) is 0 Å². The first-order valence-corrected chi connectivity index (χ1v) is 4.42. The van der Waals surface area contributed by atoms with Gasteiger partial charge in [-0.05, 0) is 13.5 Å². The summed E-state index contributed by atoms with van der Waals surface area (Å²) in [5, 5.41) is 5.17. The van der Waals surface area contributed by atoms with Gasteiger partial charge in [0.15, 0.2) is 0 Å². The second-order valence-corrected chi connectivity index (χ2v) is 3.05. The van der Waals surface area contributed by atoms with Gasteiger partial charge in [0.1, 0.15) is 6.42 Å². The number of hydrogen-bond acceptors (Lipinski definition) is 2. The maximum Gasteiger partial charge on any atom is 0.397 e. The van der Waals surface area contributed by atoms with Crippen molar-refractivity contribution in [2.45, 2.75) is 32.5 Å². The molecule has 0 radical (unpaired) electrons. The summed E-state index contributed by atoms with van der Waals surface area (Å²) < 4.78 is 35.1. The van der Waals surface area contributed by atoms with Gasteiger partial charge in [0, 0.05) is 12.6 Å². The number of likely N-dealkylation sites (N-methyl/N-ethyl adjacent to an activating group) is 1. The highest BCUT2D eigenvalue weighted by molar-refractivity contribution is 5.85. The number of amides is 1. The van der Waals surface area contributed by atoms with Crippen LogP contribution in [0.1, 0.15) is 20.3 Å². The number of carbonyl (C=O) groups excluding carboxylic acids is 1. The molecule has 0 aliphatic heterocycles. The molecular weight excluding hydrogens is 233 g/mol. The summed E-state index contributed by atoms with van der Waals surface area (Å²) in [6.45, 7) is 4.60. The van der Waals surface area contributed by atoms with Gasteiger partial charge in [0.05, 0.1) is 0 Å². The standard InChI is InChI=1S/C8H15F3N2O.ClH/c1-3-12-6(2)5-13-7(14)4-8(9,10)11;/h6,12H,3-5H2,1-2H3,(H,13,14);1H/t6-;/m1./s1. The lowest BCUT2D eigenvalue weighted by molar-refractivity contribution is -0.153. The molecule has 2 N–H and O–H groups in total. The van der Waals surface area contributed by atoms with Crippen LogP contribution in [0, 0.1) is 0 Å². The fourth-order valence-electron chi connectivity index (χ4n) is 0.932. The first-order chi connectivity index (χ1) is 6.35. The third-order valence-corrected chi connectivity index (χ3v) is 1.52. The quantitative estimate of drug-likeness (QED) is 0.774. The van der Waals surface area contributed by atoms with Crippen LogP contribution in [0.15, 0.2) is 0 Å². The highest BCUT2D eigenvalue weighted by Crippen LogP contribution is 2.18. The molecule has 0 heterocycles. The Morgan fingerprint density at radius 1 is 1.40 bits per heavy atom. The maximum absolute atomic E-state index is 11.7. The molecule has 0 bridgehead atoms. The predicted molar refractivity (Wildman–Crippen MR) is 54.1 cm³/mol. The molecule has 0 saturated heterocycles. The fourth-order valence-corrected chi connectivity index (χ4v) is 0.932. The number of alkyl halides is 3. The highest BCUT2D eigenvalue weighted by atomic mass is 35.5. The molecule has 7 heteroatoms. The van der Waals surface area contributed by atoms with Gasteiger partial charge in [0.2, 0.25) is 5.91 Å². The Bertz CT molecular complexity index is 187. The van der Waals surface area contributed by atoms with Crippen molar-refractivity contribution in [2.24, 2.45) is 0 Å². The minimum Gasteiger partial charge on any atom is -0.354 e. The SMILES string of the molecule is CCN[C@H](C)CNC(=O)CC(F)(F)F.Cl. The van der Waals surface area contributed by atoms with E-state index >= 15 is 0 Å². The van der Waals surface area contributed by atoms with Crippen molar-refractivity contribution in [3.05, 3.63) is 0 Å². The molecule has 0 aromatic carbocycles. The number of halogens is 4. The first-order valence-electron chi connectivity index (χ1n) is 4.42. The molecule has 1 amide bonds. The summed E-state index contributed by atoms with van der Waals surface area (Å²) in [5.41, 5.74) is 0. The van der Waals surface area contributed by atoms with Crippen LogP contribution in [0.3, 0.4) is 0 Å². The molecule has 3 nitrogen and oxygen atoms in total. The third-order valence-electron chi connectivity index (χ3n) is 1.52. The van der Waals surface area contributed by atoms with Gasteiger partial charge in [0.25, 0.3) is 0 Å². The van der Waals surface area contributed by atoms with Gasteiger partial charge in [-0.15, -0.1) is 12.4 Å². The summed E-state index contributed by atoms with van der Waals surface area (Å²) in [4.78, 5) is 10.7. The number of nitrogens with one attached hydrogen (secondary N) is 2. The largest absolute Gasteiger partial charge is 0.397 e. The van der Waals surface area contributed by atoms with E-state index in [0.717, 1.165) is 6.54 Å². The molecule has 0 aliphatic rings. The summed E-state index contributed by atoms with van der Waals surface area (Å²) in [6, 6.07) is -0.0165. The van der Waals surface area contributed by atoms with Crippen molar-refractivity contribution in [1.82, 2.24) is 10.6 Å². The summed E-state index contributed by atoms with van der Waals surface area (Å²) in [5.74, 6) is -0.984. The van der Waals surface area contributed by atoms with Crippen LogP contribution in [0.2, 0.25) is 0 Å². The zero-order chi connectivity index (χ0) is 11.2. The Kier molecular flexibility index (Phi) is 8.75. The summed E-state index contributed by atoms with van der Waals surface area (Å²) in [7, 11) is 0. The van der Waals surface area contributed by atoms with Crippen LogP contribution in [0.4, 0.5) is 13.2 Å². The third kappa shape index (κ3) is 11.4. The second kappa shape index (κ2) is 7.76. The van der Waals surface area contributed by atoms with Crippen LogP contribution in [0.25, 0.3) is 0 Å². The van der Waals surface area contributed by atoms with Crippen LogP contribution >= 0.6 is 12.4 Å². The molecule has 0 unspecified atom stereocenters. The molecule has 0 saturated carbocycles. The van der Waals surface area contributed by atoms with E-state index in [2.05, 4.69) is 10.6 Å².